The molecule has 5 nitrogen and oxygen atoms in total. The highest BCUT2D eigenvalue weighted by Crippen LogP contribution is 2.17. The fourth-order valence-electron chi connectivity index (χ4n) is 1.46. The SMILES string of the molecule is CNC(C)COc1cnn(-c2cccc(O)c2)c1. The summed E-state index contributed by atoms with van der Waals surface area (Å²) in [5, 5.41) is 16.7. The van der Waals surface area contributed by atoms with E-state index in [1.165, 1.54) is 0 Å². The molecular weight excluding hydrogens is 230 g/mol. The Morgan fingerprint density at radius 1 is 1.50 bits per heavy atom. The summed E-state index contributed by atoms with van der Waals surface area (Å²) in [5.41, 5.74) is 0.798. The lowest BCUT2D eigenvalue weighted by atomic mass is 10.3. The number of ether oxygens (including phenoxy) is 1. The Hall–Kier alpha value is -2.01. The van der Waals surface area contributed by atoms with Crippen LogP contribution in [0.5, 0.6) is 11.5 Å². The van der Waals surface area contributed by atoms with Crippen LogP contribution in [0, 0.1) is 0 Å². The van der Waals surface area contributed by atoms with Gasteiger partial charge in [-0.2, -0.15) is 5.10 Å². The van der Waals surface area contributed by atoms with Gasteiger partial charge in [0, 0.05) is 12.1 Å². The third-order valence-corrected chi connectivity index (χ3v) is 2.65. The van der Waals surface area contributed by atoms with Crippen molar-refractivity contribution in [1.29, 1.82) is 0 Å². The van der Waals surface area contributed by atoms with Crippen LogP contribution in [0.3, 0.4) is 0 Å². The van der Waals surface area contributed by atoms with Gasteiger partial charge in [0.1, 0.15) is 12.4 Å². The first-order valence-electron chi connectivity index (χ1n) is 5.83. The number of aromatic nitrogens is 2. The Bertz CT molecular complexity index is 510. The predicted octanol–water partition coefficient (Wildman–Crippen LogP) is 1.56. The Kier molecular flexibility index (Phi) is 3.84. The average Bonchev–Trinajstić information content (AvgIpc) is 2.84. The fraction of sp³-hybridized carbons (Fsp3) is 0.308. The number of nitrogens with one attached hydrogen (secondary N) is 1. The first-order valence-corrected chi connectivity index (χ1v) is 5.83. The Morgan fingerprint density at radius 2 is 2.33 bits per heavy atom. The summed E-state index contributed by atoms with van der Waals surface area (Å²) in [6.07, 6.45) is 3.45. The molecule has 0 aliphatic rings. The number of nitrogens with zero attached hydrogens (tertiary/aromatic N) is 2. The Morgan fingerprint density at radius 3 is 3.06 bits per heavy atom. The molecule has 0 amide bonds. The molecule has 18 heavy (non-hydrogen) atoms. The number of likely N-dealkylation sites (N-methyl/N-ethyl adjacent to an activating group) is 1. The van der Waals surface area contributed by atoms with Crippen molar-refractivity contribution in [2.75, 3.05) is 13.7 Å². The summed E-state index contributed by atoms with van der Waals surface area (Å²) in [7, 11) is 1.89. The van der Waals surface area contributed by atoms with Gasteiger partial charge in [-0.25, -0.2) is 4.68 Å². The van der Waals surface area contributed by atoms with E-state index in [-0.39, 0.29) is 11.8 Å². The topological polar surface area (TPSA) is 59.3 Å². The second-order valence-electron chi connectivity index (χ2n) is 4.14. The van der Waals surface area contributed by atoms with E-state index in [1.807, 2.05) is 20.0 Å². The molecule has 0 aliphatic carbocycles. The minimum absolute atomic E-state index is 0.217. The van der Waals surface area contributed by atoms with Crippen LogP contribution in [0.25, 0.3) is 5.69 Å². The lowest BCUT2D eigenvalue weighted by Crippen LogP contribution is -2.28. The van der Waals surface area contributed by atoms with Crippen LogP contribution >= 0.6 is 0 Å². The molecule has 1 aromatic heterocycles. The Labute approximate surface area is 106 Å². The van der Waals surface area contributed by atoms with E-state index in [0.29, 0.717) is 12.4 Å². The lowest BCUT2D eigenvalue weighted by molar-refractivity contribution is 0.280. The number of aromatic hydroxyl groups is 1. The average molecular weight is 247 g/mol. The number of hydrogen-bond donors (Lipinski definition) is 2. The molecule has 0 fully saturated rings. The van der Waals surface area contributed by atoms with Crippen LogP contribution in [-0.2, 0) is 0 Å². The van der Waals surface area contributed by atoms with Crippen LogP contribution in [0.1, 0.15) is 6.92 Å². The first-order chi connectivity index (χ1) is 8.69. The molecule has 1 atom stereocenters. The van der Waals surface area contributed by atoms with Gasteiger partial charge in [-0.05, 0) is 26.1 Å². The van der Waals surface area contributed by atoms with E-state index in [0.717, 1.165) is 5.69 Å². The van der Waals surface area contributed by atoms with E-state index in [4.69, 9.17) is 4.74 Å². The van der Waals surface area contributed by atoms with Crippen molar-refractivity contribution in [3.8, 4) is 17.2 Å². The van der Waals surface area contributed by atoms with Crippen molar-refractivity contribution >= 4 is 0 Å². The summed E-state index contributed by atoms with van der Waals surface area (Å²) in [6.45, 7) is 2.63. The maximum atomic E-state index is 9.41. The van der Waals surface area contributed by atoms with Gasteiger partial charge in [0.25, 0.3) is 0 Å². The molecule has 0 saturated heterocycles. The van der Waals surface area contributed by atoms with Gasteiger partial charge < -0.3 is 15.2 Å². The Balaban J connectivity index is 2.06. The van der Waals surface area contributed by atoms with Gasteiger partial charge >= 0.3 is 0 Å². The molecule has 0 aliphatic heterocycles. The summed E-state index contributed by atoms with van der Waals surface area (Å²) in [5.74, 6) is 0.926. The van der Waals surface area contributed by atoms with Crippen LogP contribution in [-0.4, -0.2) is 34.6 Å². The summed E-state index contributed by atoms with van der Waals surface area (Å²) < 4.78 is 7.25. The zero-order valence-electron chi connectivity index (χ0n) is 10.5. The van der Waals surface area contributed by atoms with Gasteiger partial charge in [-0.3, -0.25) is 0 Å². The molecule has 0 bridgehead atoms. The molecule has 1 heterocycles. The second-order valence-corrected chi connectivity index (χ2v) is 4.14. The standard InChI is InChI=1S/C13H17N3O2/c1-10(14-2)9-18-13-7-15-16(8-13)11-4-3-5-12(17)6-11/h3-8,10,14,17H,9H2,1-2H3. The highest BCUT2D eigenvalue weighted by Gasteiger charge is 2.04. The number of rotatable bonds is 5. The van der Waals surface area contributed by atoms with Crippen molar-refractivity contribution in [2.24, 2.45) is 0 Å². The quantitative estimate of drug-likeness (QED) is 0.842. The van der Waals surface area contributed by atoms with Crippen LogP contribution in [0.15, 0.2) is 36.7 Å². The van der Waals surface area contributed by atoms with Crippen LogP contribution < -0.4 is 10.1 Å². The third-order valence-electron chi connectivity index (χ3n) is 2.65. The molecule has 2 N–H and O–H groups in total. The molecule has 0 spiro atoms. The van der Waals surface area contributed by atoms with Gasteiger partial charge in [0.05, 0.1) is 18.1 Å². The van der Waals surface area contributed by atoms with E-state index in [9.17, 15) is 5.11 Å². The molecular formula is C13H17N3O2. The van der Waals surface area contributed by atoms with Gasteiger partial charge in [-0.1, -0.05) is 6.07 Å². The summed E-state index contributed by atoms with van der Waals surface area (Å²) in [6, 6.07) is 7.20. The minimum Gasteiger partial charge on any atom is -0.508 e. The third kappa shape index (κ3) is 3.01. The van der Waals surface area contributed by atoms with Crippen LogP contribution in [0.2, 0.25) is 0 Å². The monoisotopic (exact) mass is 247 g/mol. The smallest absolute Gasteiger partial charge is 0.157 e. The minimum atomic E-state index is 0.217. The fourth-order valence-corrected chi connectivity index (χ4v) is 1.46. The second kappa shape index (κ2) is 5.55. The lowest BCUT2D eigenvalue weighted by Gasteiger charge is -2.09. The maximum Gasteiger partial charge on any atom is 0.157 e. The van der Waals surface area contributed by atoms with E-state index in [1.54, 1.807) is 35.3 Å². The molecule has 1 unspecified atom stereocenters. The molecule has 96 valence electrons. The highest BCUT2D eigenvalue weighted by molar-refractivity contribution is 5.38. The van der Waals surface area contributed by atoms with Crippen LogP contribution in [0.4, 0.5) is 0 Å². The molecule has 2 aromatic rings. The largest absolute Gasteiger partial charge is 0.508 e. The maximum absolute atomic E-state index is 9.41. The zero-order valence-corrected chi connectivity index (χ0v) is 10.5. The van der Waals surface area contributed by atoms with Crippen molar-refractivity contribution in [3.63, 3.8) is 0 Å². The van der Waals surface area contributed by atoms with Crippen molar-refractivity contribution in [1.82, 2.24) is 15.1 Å². The van der Waals surface area contributed by atoms with Gasteiger partial charge in [-0.15, -0.1) is 0 Å². The number of phenolic OH excluding ortho intramolecular Hbond substituents is 1. The number of benzene rings is 1. The number of hydrogen-bond acceptors (Lipinski definition) is 4. The van der Waals surface area contributed by atoms with Crippen molar-refractivity contribution < 1.29 is 9.84 Å². The van der Waals surface area contributed by atoms with Crippen molar-refractivity contribution in [3.05, 3.63) is 36.7 Å². The normalized spacial score (nSPS) is 12.3. The molecule has 2 rings (SSSR count). The van der Waals surface area contributed by atoms with E-state index in [2.05, 4.69) is 10.4 Å². The summed E-state index contributed by atoms with van der Waals surface area (Å²) in [4.78, 5) is 0. The number of phenols is 1. The zero-order chi connectivity index (χ0) is 13.0. The van der Waals surface area contributed by atoms with Gasteiger partial charge in [0.15, 0.2) is 5.75 Å². The van der Waals surface area contributed by atoms with Gasteiger partial charge in [0.2, 0.25) is 0 Å². The van der Waals surface area contributed by atoms with E-state index >= 15 is 0 Å². The highest BCUT2D eigenvalue weighted by atomic mass is 16.5. The van der Waals surface area contributed by atoms with Crippen molar-refractivity contribution in [2.45, 2.75) is 13.0 Å². The first kappa shape index (κ1) is 12.4. The van der Waals surface area contributed by atoms with E-state index < -0.39 is 0 Å². The molecule has 0 radical (unpaired) electrons. The molecule has 0 saturated carbocycles. The molecule has 5 heteroatoms. The molecule has 1 aromatic carbocycles. The predicted molar refractivity (Wildman–Crippen MR) is 69.2 cm³/mol. The summed E-state index contributed by atoms with van der Waals surface area (Å²) >= 11 is 0.